The van der Waals surface area contributed by atoms with Gasteiger partial charge in [-0.15, -0.1) is 0 Å². The van der Waals surface area contributed by atoms with E-state index in [1.165, 1.54) is 37.7 Å². The van der Waals surface area contributed by atoms with Crippen LogP contribution >= 0.6 is 11.3 Å². The molecule has 1 aromatic heterocycles. The predicted molar refractivity (Wildman–Crippen MR) is 109 cm³/mol. The number of aliphatic carboxylic acids is 1. The molecule has 1 rings (SSSR count). The van der Waals surface area contributed by atoms with Crippen LogP contribution in [0.4, 0.5) is 0 Å². The molecule has 5 nitrogen and oxygen atoms in total. The summed E-state index contributed by atoms with van der Waals surface area (Å²) in [7, 11) is 5.94. The quantitative estimate of drug-likeness (QED) is 0.366. The molecule has 27 heavy (non-hydrogen) atoms. The molecule has 1 atom stereocenters. The van der Waals surface area contributed by atoms with Gasteiger partial charge in [0.15, 0.2) is 0 Å². The third-order valence-electron chi connectivity index (χ3n) is 4.50. The molecule has 0 aliphatic carbocycles. The van der Waals surface area contributed by atoms with Crippen LogP contribution in [-0.4, -0.2) is 50.1 Å². The molecule has 1 aromatic rings. The first kappa shape index (κ1) is 23.6. The van der Waals surface area contributed by atoms with Gasteiger partial charge in [0.1, 0.15) is 0 Å². The van der Waals surface area contributed by atoms with E-state index in [0.29, 0.717) is 17.4 Å². The summed E-state index contributed by atoms with van der Waals surface area (Å²) in [5.74, 6) is -1.17. The zero-order valence-corrected chi connectivity index (χ0v) is 18.0. The molecule has 0 aliphatic rings. The molecular weight excluding hydrogens is 360 g/mol. The van der Waals surface area contributed by atoms with E-state index in [0.717, 1.165) is 19.3 Å². The van der Waals surface area contributed by atoms with E-state index < -0.39 is 5.97 Å². The van der Waals surface area contributed by atoms with Gasteiger partial charge in [0.2, 0.25) is 5.91 Å². The van der Waals surface area contributed by atoms with E-state index in [2.05, 4.69) is 22.1 Å². The van der Waals surface area contributed by atoms with Gasteiger partial charge >= 0.3 is 0 Å². The number of likely N-dealkylation sites (N-methyl/N-ethyl adjacent to an activating group) is 1. The SMILES string of the molecule is C[N+](C)(C)CC(CC(=O)[O-])NC(=O)CCCCCCCCCc1ccsc1. The summed E-state index contributed by atoms with van der Waals surface area (Å²) in [6, 6.07) is 1.83. The monoisotopic (exact) mass is 396 g/mol. The molecule has 0 spiro atoms. The molecule has 0 aromatic carbocycles. The Morgan fingerprint density at radius 2 is 1.70 bits per heavy atom. The van der Waals surface area contributed by atoms with Gasteiger partial charge in [0.05, 0.1) is 33.7 Å². The van der Waals surface area contributed by atoms with E-state index in [1.807, 2.05) is 21.1 Å². The number of thiophene rings is 1. The third-order valence-corrected chi connectivity index (χ3v) is 5.23. The Bertz CT molecular complexity index is 538. The molecule has 0 saturated heterocycles. The Balaban J connectivity index is 2.05. The van der Waals surface area contributed by atoms with Crippen molar-refractivity contribution < 1.29 is 19.2 Å². The molecule has 0 radical (unpaired) electrons. The van der Waals surface area contributed by atoms with Crippen molar-refractivity contribution in [2.75, 3.05) is 27.7 Å². The van der Waals surface area contributed by atoms with Crippen molar-refractivity contribution in [1.29, 1.82) is 0 Å². The van der Waals surface area contributed by atoms with Gasteiger partial charge in [-0.05, 0) is 41.7 Å². The number of carboxylic acids is 1. The Morgan fingerprint density at radius 3 is 2.26 bits per heavy atom. The van der Waals surface area contributed by atoms with Crippen molar-refractivity contribution in [3.05, 3.63) is 22.4 Å². The summed E-state index contributed by atoms with van der Waals surface area (Å²) in [6.07, 6.45) is 9.61. The smallest absolute Gasteiger partial charge is 0.220 e. The van der Waals surface area contributed by atoms with Crippen molar-refractivity contribution in [1.82, 2.24) is 5.32 Å². The normalized spacial score (nSPS) is 12.7. The van der Waals surface area contributed by atoms with E-state index in [9.17, 15) is 14.7 Å². The van der Waals surface area contributed by atoms with Crippen molar-refractivity contribution in [2.24, 2.45) is 0 Å². The Kier molecular flexibility index (Phi) is 11.3. The van der Waals surface area contributed by atoms with Crippen molar-refractivity contribution in [2.45, 2.75) is 70.3 Å². The van der Waals surface area contributed by atoms with Crippen molar-refractivity contribution >= 4 is 23.2 Å². The van der Waals surface area contributed by atoms with Gasteiger partial charge in [0, 0.05) is 18.8 Å². The number of hydrogen-bond acceptors (Lipinski definition) is 4. The second kappa shape index (κ2) is 12.9. The minimum absolute atomic E-state index is 0.0505. The van der Waals surface area contributed by atoms with Crippen LogP contribution in [0.25, 0.3) is 0 Å². The number of quaternary nitrogens is 1. The molecule has 154 valence electrons. The van der Waals surface area contributed by atoms with E-state index in [-0.39, 0.29) is 18.4 Å². The molecule has 0 bridgehead atoms. The summed E-state index contributed by atoms with van der Waals surface area (Å²) in [5.41, 5.74) is 1.45. The number of unbranched alkanes of at least 4 members (excludes halogenated alkanes) is 6. The fourth-order valence-corrected chi connectivity index (χ4v) is 3.96. The lowest BCUT2D eigenvalue weighted by molar-refractivity contribution is -0.871. The Hall–Kier alpha value is -1.40. The number of nitrogens with one attached hydrogen (secondary N) is 1. The number of rotatable bonds is 15. The first-order chi connectivity index (χ1) is 12.8. The minimum atomic E-state index is -1.12. The van der Waals surface area contributed by atoms with Crippen molar-refractivity contribution in [3.8, 4) is 0 Å². The highest BCUT2D eigenvalue weighted by molar-refractivity contribution is 7.07. The first-order valence-electron chi connectivity index (χ1n) is 10.1. The average Bonchev–Trinajstić information content (AvgIpc) is 3.04. The summed E-state index contributed by atoms with van der Waals surface area (Å²) >= 11 is 1.76. The van der Waals surface area contributed by atoms with Crippen LogP contribution in [0.3, 0.4) is 0 Å². The molecule has 1 heterocycles. The zero-order chi connectivity index (χ0) is 20.1. The molecule has 0 saturated carbocycles. The lowest BCUT2D eigenvalue weighted by Gasteiger charge is -2.30. The van der Waals surface area contributed by atoms with Gasteiger partial charge in [0.25, 0.3) is 0 Å². The second-order valence-electron chi connectivity index (χ2n) is 8.42. The van der Waals surface area contributed by atoms with E-state index in [1.54, 1.807) is 11.3 Å². The van der Waals surface area contributed by atoms with Crippen LogP contribution < -0.4 is 10.4 Å². The number of hydrogen-bond donors (Lipinski definition) is 1. The molecule has 1 unspecified atom stereocenters. The number of carbonyl (C=O) groups excluding carboxylic acids is 2. The number of aryl methyl sites for hydroxylation is 1. The maximum absolute atomic E-state index is 12.1. The fraction of sp³-hybridized carbons (Fsp3) is 0.714. The van der Waals surface area contributed by atoms with Gasteiger partial charge in [-0.25, -0.2) is 0 Å². The maximum Gasteiger partial charge on any atom is 0.220 e. The molecular formula is C21H36N2O3S. The number of nitrogens with zero attached hydrogens (tertiary/aromatic N) is 1. The number of carboxylic acid groups (broad SMARTS) is 1. The molecule has 1 N–H and O–H groups in total. The Morgan fingerprint density at radius 1 is 1.07 bits per heavy atom. The number of carbonyl (C=O) groups is 2. The van der Waals surface area contributed by atoms with Gasteiger partial charge in [-0.2, -0.15) is 11.3 Å². The average molecular weight is 397 g/mol. The van der Waals surface area contributed by atoms with Gasteiger partial charge in [-0.3, -0.25) is 4.79 Å². The fourth-order valence-electron chi connectivity index (χ4n) is 3.26. The highest BCUT2D eigenvalue weighted by Crippen LogP contribution is 2.13. The molecule has 0 aliphatic heterocycles. The summed E-state index contributed by atoms with van der Waals surface area (Å²) < 4.78 is 0.602. The maximum atomic E-state index is 12.1. The van der Waals surface area contributed by atoms with Gasteiger partial charge in [-0.1, -0.05) is 32.1 Å². The topological polar surface area (TPSA) is 69.2 Å². The highest BCUT2D eigenvalue weighted by atomic mass is 32.1. The lowest BCUT2D eigenvalue weighted by atomic mass is 10.1. The molecule has 6 heteroatoms. The number of amides is 1. The van der Waals surface area contributed by atoms with Crippen LogP contribution in [0.5, 0.6) is 0 Å². The third kappa shape index (κ3) is 13.4. The van der Waals surface area contributed by atoms with Crippen LogP contribution in [0.1, 0.15) is 63.4 Å². The summed E-state index contributed by atoms with van der Waals surface area (Å²) in [6.45, 7) is 0.575. The van der Waals surface area contributed by atoms with Crippen LogP contribution in [0.15, 0.2) is 16.8 Å². The zero-order valence-electron chi connectivity index (χ0n) is 17.2. The highest BCUT2D eigenvalue weighted by Gasteiger charge is 2.20. The lowest BCUT2D eigenvalue weighted by Crippen LogP contribution is -2.50. The Labute approximate surface area is 168 Å². The summed E-state index contributed by atoms with van der Waals surface area (Å²) in [4.78, 5) is 23.0. The standard InChI is InChI=1S/C21H36N2O3S/c1-23(2,3)16-19(15-21(25)26)22-20(24)12-10-8-6-4-5-7-9-11-18-13-14-27-17-18/h13-14,17,19H,4-12,15-16H2,1-3H3,(H-,22,24,25,26). The van der Waals surface area contributed by atoms with Crippen LogP contribution in [-0.2, 0) is 16.0 Å². The van der Waals surface area contributed by atoms with E-state index >= 15 is 0 Å². The van der Waals surface area contributed by atoms with E-state index in [4.69, 9.17) is 0 Å². The predicted octanol–water partition coefficient (Wildman–Crippen LogP) is 2.74. The summed E-state index contributed by atoms with van der Waals surface area (Å²) in [5, 5.41) is 18.1. The second-order valence-corrected chi connectivity index (χ2v) is 9.20. The molecule has 1 amide bonds. The van der Waals surface area contributed by atoms with Crippen LogP contribution in [0.2, 0.25) is 0 Å². The first-order valence-corrected chi connectivity index (χ1v) is 11.0. The van der Waals surface area contributed by atoms with Crippen LogP contribution in [0, 0.1) is 0 Å². The van der Waals surface area contributed by atoms with Gasteiger partial charge < -0.3 is 19.7 Å². The largest absolute Gasteiger partial charge is 0.550 e. The minimum Gasteiger partial charge on any atom is -0.550 e. The van der Waals surface area contributed by atoms with Crippen molar-refractivity contribution in [3.63, 3.8) is 0 Å². The molecule has 0 fully saturated rings.